The lowest BCUT2D eigenvalue weighted by Crippen LogP contribution is -1.94. The van der Waals surface area contributed by atoms with E-state index in [-0.39, 0.29) is 0 Å². The van der Waals surface area contributed by atoms with E-state index in [0.717, 1.165) is 22.0 Å². The predicted octanol–water partition coefficient (Wildman–Crippen LogP) is 3.77. The maximum absolute atomic E-state index is 5.71. The minimum Gasteiger partial charge on any atom is -0.486 e. The SMILES string of the molecule is Cc1cccc2sc(COc3ccc(N)cc3)nc12. The first-order valence-corrected chi connectivity index (χ1v) is 6.87. The summed E-state index contributed by atoms with van der Waals surface area (Å²) >= 11 is 1.67. The van der Waals surface area contributed by atoms with Gasteiger partial charge in [0, 0.05) is 5.69 Å². The minimum absolute atomic E-state index is 0.489. The van der Waals surface area contributed by atoms with Crippen LogP contribution in [0.5, 0.6) is 5.75 Å². The van der Waals surface area contributed by atoms with Crippen LogP contribution in [0, 0.1) is 6.92 Å². The van der Waals surface area contributed by atoms with Crippen molar-refractivity contribution in [3.63, 3.8) is 0 Å². The Morgan fingerprint density at radius 3 is 2.68 bits per heavy atom. The molecule has 0 aliphatic heterocycles. The number of nitrogens with two attached hydrogens (primary N) is 1. The van der Waals surface area contributed by atoms with Gasteiger partial charge in [0.2, 0.25) is 0 Å². The first kappa shape index (κ1) is 12.0. The highest BCUT2D eigenvalue weighted by Gasteiger charge is 2.06. The molecule has 0 amide bonds. The van der Waals surface area contributed by atoms with Crippen molar-refractivity contribution in [2.75, 3.05) is 5.73 Å². The van der Waals surface area contributed by atoms with Gasteiger partial charge in [-0.25, -0.2) is 4.98 Å². The van der Waals surface area contributed by atoms with Crippen LogP contribution < -0.4 is 10.5 Å². The van der Waals surface area contributed by atoms with E-state index in [2.05, 4.69) is 30.1 Å². The molecule has 1 heterocycles. The number of rotatable bonds is 3. The van der Waals surface area contributed by atoms with Gasteiger partial charge in [-0.1, -0.05) is 12.1 Å². The molecule has 3 rings (SSSR count). The molecule has 0 spiro atoms. The van der Waals surface area contributed by atoms with Crippen LogP contribution in [0.25, 0.3) is 10.2 Å². The first-order valence-electron chi connectivity index (χ1n) is 6.06. The summed E-state index contributed by atoms with van der Waals surface area (Å²) < 4.78 is 6.91. The average molecular weight is 270 g/mol. The van der Waals surface area contributed by atoms with Crippen molar-refractivity contribution in [2.24, 2.45) is 0 Å². The maximum Gasteiger partial charge on any atom is 0.140 e. The third kappa shape index (κ3) is 2.53. The van der Waals surface area contributed by atoms with Gasteiger partial charge >= 0.3 is 0 Å². The van der Waals surface area contributed by atoms with Crippen molar-refractivity contribution in [3.8, 4) is 5.75 Å². The minimum atomic E-state index is 0.489. The fourth-order valence-electron chi connectivity index (χ4n) is 1.90. The maximum atomic E-state index is 5.71. The van der Waals surface area contributed by atoms with Crippen LogP contribution in [0.3, 0.4) is 0 Å². The molecule has 0 fully saturated rings. The number of fused-ring (bicyclic) bond motifs is 1. The molecule has 3 aromatic rings. The monoisotopic (exact) mass is 270 g/mol. The highest BCUT2D eigenvalue weighted by atomic mass is 32.1. The second kappa shape index (κ2) is 4.90. The number of nitrogens with zero attached hydrogens (tertiary/aromatic N) is 1. The summed E-state index contributed by atoms with van der Waals surface area (Å²) in [6, 6.07) is 13.6. The highest BCUT2D eigenvalue weighted by Crippen LogP contribution is 2.25. The van der Waals surface area contributed by atoms with Gasteiger partial charge in [-0.3, -0.25) is 0 Å². The smallest absolute Gasteiger partial charge is 0.140 e. The normalized spacial score (nSPS) is 10.8. The zero-order valence-corrected chi connectivity index (χ0v) is 11.4. The lowest BCUT2D eigenvalue weighted by molar-refractivity contribution is 0.306. The van der Waals surface area contributed by atoms with Crippen LogP contribution in [-0.2, 0) is 6.61 Å². The van der Waals surface area contributed by atoms with E-state index in [9.17, 15) is 0 Å². The number of benzene rings is 2. The summed E-state index contributed by atoms with van der Waals surface area (Å²) in [5, 5.41) is 0.987. The number of anilines is 1. The second-order valence-corrected chi connectivity index (χ2v) is 5.50. The van der Waals surface area contributed by atoms with E-state index in [1.807, 2.05) is 24.3 Å². The Kier molecular flexibility index (Phi) is 3.09. The van der Waals surface area contributed by atoms with Gasteiger partial charge in [-0.2, -0.15) is 0 Å². The van der Waals surface area contributed by atoms with Crippen LogP contribution in [0.1, 0.15) is 10.6 Å². The van der Waals surface area contributed by atoms with Gasteiger partial charge in [0.05, 0.1) is 10.2 Å². The van der Waals surface area contributed by atoms with Gasteiger partial charge in [-0.05, 0) is 42.8 Å². The number of hydrogen-bond donors (Lipinski definition) is 1. The third-order valence-corrected chi connectivity index (χ3v) is 3.90. The molecule has 2 N–H and O–H groups in total. The van der Waals surface area contributed by atoms with Crippen LogP contribution in [-0.4, -0.2) is 4.98 Å². The van der Waals surface area contributed by atoms with E-state index in [1.165, 1.54) is 10.3 Å². The summed E-state index contributed by atoms with van der Waals surface area (Å²) in [5.74, 6) is 0.810. The Morgan fingerprint density at radius 1 is 1.16 bits per heavy atom. The van der Waals surface area contributed by atoms with Crippen molar-refractivity contribution in [1.82, 2.24) is 4.98 Å². The third-order valence-electron chi connectivity index (χ3n) is 2.91. The molecule has 0 aliphatic rings. The number of aromatic nitrogens is 1. The van der Waals surface area contributed by atoms with Gasteiger partial charge in [0.15, 0.2) is 0 Å². The number of nitrogen functional groups attached to an aromatic ring is 1. The molecule has 4 heteroatoms. The number of thiazole rings is 1. The largest absolute Gasteiger partial charge is 0.486 e. The Bertz CT molecular complexity index is 704. The Hall–Kier alpha value is -2.07. The Balaban J connectivity index is 1.78. The number of hydrogen-bond acceptors (Lipinski definition) is 4. The Morgan fingerprint density at radius 2 is 1.95 bits per heavy atom. The zero-order valence-electron chi connectivity index (χ0n) is 10.6. The Labute approximate surface area is 115 Å². The van der Waals surface area contributed by atoms with Crippen LogP contribution in [0.15, 0.2) is 42.5 Å². The molecule has 0 saturated carbocycles. The molecule has 19 heavy (non-hydrogen) atoms. The fraction of sp³-hybridized carbons (Fsp3) is 0.133. The quantitative estimate of drug-likeness (QED) is 0.737. The van der Waals surface area contributed by atoms with Crippen molar-refractivity contribution in [3.05, 3.63) is 53.0 Å². The van der Waals surface area contributed by atoms with Gasteiger partial charge in [0.1, 0.15) is 17.4 Å². The van der Waals surface area contributed by atoms with Crippen molar-refractivity contribution < 1.29 is 4.74 Å². The molecular formula is C15H14N2OS. The molecule has 0 saturated heterocycles. The summed E-state index contributed by atoms with van der Waals surface area (Å²) in [6.45, 7) is 2.56. The fourth-order valence-corrected chi connectivity index (χ4v) is 2.86. The molecule has 96 valence electrons. The molecule has 1 aromatic heterocycles. The van der Waals surface area contributed by atoms with Crippen LogP contribution >= 0.6 is 11.3 Å². The molecule has 0 atom stereocenters. The van der Waals surface area contributed by atoms with E-state index in [4.69, 9.17) is 10.5 Å². The van der Waals surface area contributed by atoms with E-state index < -0.39 is 0 Å². The average Bonchev–Trinajstić information content (AvgIpc) is 2.83. The molecule has 0 bridgehead atoms. The molecule has 0 aliphatic carbocycles. The van der Waals surface area contributed by atoms with E-state index in [0.29, 0.717) is 6.61 Å². The van der Waals surface area contributed by atoms with Gasteiger partial charge in [0.25, 0.3) is 0 Å². The first-order chi connectivity index (χ1) is 9.22. The standard InChI is InChI=1S/C15H14N2OS/c1-10-3-2-4-13-15(10)17-14(19-13)9-18-12-7-5-11(16)6-8-12/h2-8H,9,16H2,1H3. The summed E-state index contributed by atoms with van der Waals surface area (Å²) in [4.78, 5) is 4.61. The number of aryl methyl sites for hydroxylation is 1. The number of para-hydroxylation sites is 1. The zero-order chi connectivity index (χ0) is 13.2. The lowest BCUT2D eigenvalue weighted by atomic mass is 10.2. The topological polar surface area (TPSA) is 48.1 Å². The van der Waals surface area contributed by atoms with E-state index >= 15 is 0 Å². The number of ether oxygens (including phenoxy) is 1. The van der Waals surface area contributed by atoms with Gasteiger partial charge < -0.3 is 10.5 Å². The van der Waals surface area contributed by atoms with E-state index in [1.54, 1.807) is 11.3 Å². The molecule has 0 unspecified atom stereocenters. The second-order valence-electron chi connectivity index (χ2n) is 4.39. The molecular weight excluding hydrogens is 256 g/mol. The lowest BCUT2D eigenvalue weighted by Gasteiger charge is -2.03. The predicted molar refractivity (Wildman–Crippen MR) is 79.5 cm³/mol. The molecule has 2 aromatic carbocycles. The van der Waals surface area contributed by atoms with Crippen molar-refractivity contribution in [2.45, 2.75) is 13.5 Å². The summed E-state index contributed by atoms with van der Waals surface area (Å²) in [5.41, 5.74) is 8.65. The van der Waals surface area contributed by atoms with Crippen LogP contribution in [0.2, 0.25) is 0 Å². The van der Waals surface area contributed by atoms with Crippen LogP contribution in [0.4, 0.5) is 5.69 Å². The highest BCUT2D eigenvalue weighted by molar-refractivity contribution is 7.18. The summed E-state index contributed by atoms with van der Waals surface area (Å²) in [7, 11) is 0. The molecule has 3 nitrogen and oxygen atoms in total. The molecule has 0 radical (unpaired) electrons. The van der Waals surface area contributed by atoms with Crippen molar-refractivity contribution >= 4 is 27.2 Å². The van der Waals surface area contributed by atoms with Crippen molar-refractivity contribution in [1.29, 1.82) is 0 Å². The van der Waals surface area contributed by atoms with Gasteiger partial charge in [-0.15, -0.1) is 11.3 Å². The summed E-state index contributed by atoms with van der Waals surface area (Å²) in [6.07, 6.45) is 0.